The zero-order chi connectivity index (χ0) is 13.9. The largest absolute Gasteiger partial charge is 0.381 e. The predicted octanol–water partition coefficient (Wildman–Crippen LogP) is 0.734. The van der Waals surface area contributed by atoms with Gasteiger partial charge in [0.1, 0.15) is 10.7 Å². The normalized spacial score (nSPS) is 21.2. The monoisotopic (exact) mass is 285 g/mol. The van der Waals surface area contributed by atoms with Crippen molar-refractivity contribution in [2.24, 2.45) is 5.14 Å². The van der Waals surface area contributed by atoms with Crippen LogP contribution in [0.2, 0.25) is 0 Å². The summed E-state index contributed by atoms with van der Waals surface area (Å²) in [4.78, 5) is 6.25. The molecule has 2 N–H and O–H groups in total. The molecule has 0 aliphatic carbocycles. The molecule has 1 aliphatic heterocycles. The Morgan fingerprint density at radius 2 is 2.21 bits per heavy atom. The Bertz CT molecular complexity index is 533. The number of primary sulfonamides is 1. The van der Waals surface area contributed by atoms with Crippen LogP contribution in [0, 0.1) is 0 Å². The molecule has 6 nitrogen and oxygen atoms in total. The van der Waals surface area contributed by atoms with Crippen molar-refractivity contribution < 1.29 is 13.2 Å². The molecule has 1 unspecified atom stereocenters. The first-order chi connectivity index (χ1) is 9.02. The summed E-state index contributed by atoms with van der Waals surface area (Å²) in [7, 11) is -2.04. The summed E-state index contributed by atoms with van der Waals surface area (Å²) in [6.07, 6.45) is 4.59. The number of rotatable bonds is 3. The van der Waals surface area contributed by atoms with Gasteiger partial charge in [-0.15, -0.1) is 0 Å². The molecular formula is C12H19N3O3S. The quantitative estimate of drug-likeness (QED) is 0.885. The van der Waals surface area contributed by atoms with Gasteiger partial charge < -0.3 is 9.64 Å². The smallest absolute Gasteiger partial charge is 0.241 e. The number of nitrogens with zero attached hydrogens (tertiary/aromatic N) is 2. The first-order valence-electron chi connectivity index (χ1n) is 6.28. The van der Waals surface area contributed by atoms with E-state index in [0.717, 1.165) is 32.4 Å². The second kappa shape index (κ2) is 5.85. The molecular weight excluding hydrogens is 266 g/mol. The molecule has 2 rings (SSSR count). The maximum absolute atomic E-state index is 11.6. The highest BCUT2D eigenvalue weighted by Crippen LogP contribution is 2.24. The molecule has 0 saturated carbocycles. The Kier molecular flexibility index (Phi) is 4.38. The second-order valence-electron chi connectivity index (χ2n) is 4.65. The summed E-state index contributed by atoms with van der Waals surface area (Å²) >= 11 is 0. The van der Waals surface area contributed by atoms with E-state index in [0.29, 0.717) is 5.82 Å². The Hall–Kier alpha value is -1.18. The number of methoxy groups -OCH3 is 1. The number of hydrogen-bond acceptors (Lipinski definition) is 5. The van der Waals surface area contributed by atoms with Crippen molar-refractivity contribution in [3.63, 3.8) is 0 Å². The van der Waals surface area contributed by atoms with Crippen LogP contribution in [-0.4, -0.2) is 39.7 Å². The van der Waals surface area contributed by atoms with Gasteiger partial charge in [0.25, 0.3) is 0 Å². The molecule has 0 radical (unpaired) electrons. The zero-order valence-corrected chi connectivity index (χ0v) is 11.8. The van der Waals surface area contributed by atoms with Gasteiger partial charge in [-0.25, -0.2) is 18.5 Å². The van der Waals surface area contributed by atoms with Crippen LogP contribution >= 0.6 is 0 Å². The summed E-state index contributed by atoms with van der Waals surface area (Å²) in [5, 5.41) is 5.24. The van der Waals surface area contributed by atoms with Gasteiger partial charge in [0, 0.05) is 26.4 Å². The van der Waals surface area contributed by atoms with Crippen LogP contribution in [0.1, 0.15) is 19.3 Å². The molecule has 0 bridgehead atoms. The minimum atomic E-state index is -3.75. The summed E-state index contributed by atoms with van der Waals surface area (Å²) in [6.45, 7) is 1.48. The average molecular weight is 285 g/mol. The molecule has 0 aromatic carbocycles. The van der Waals surface area contributed by atoms with E-state index in [1.54, 1.807) is 19.4 Å². The van der Waals surface area contributed by atoms with Gasteiger partial charge in [0.15, 0.2) is 0 Å². The van der Waals surface area contributed by atoms with Crippen molar-refractivity contribution >= 4 is 15.8 Å². The van der Waals surface area contributed by atoms with E-state index in [4.69, 9.17) is 9.88 Å². The first-order valence-corrected chi connectivity index (χ1v) is 7.82. The molecule has 0 amide bonds. The van der Waals surface area contributed by atoms with Crippen LogP contribution < -0.4 is 10.0 Å². The molecule has 106 valence electrons. The number of anilines is 1. The molecule has 0 spiro atoms. The summed E-state index contributed by atoms with van der Waals surface area (Å²) < 4.78 is 28.5. The number of pyridine rings is 1. The lowest BCUT2D eigenvalue weighted by molar-refractivity contribution is 0.0931. The van der Waals surface area contributed by atoms with Crippen molar-refractivity contribution in [3.05, 3.63) is 18.3 Å². The fraction of sp³-hybridized carbons (Fsp3) is 0.583. The average Bonchev–Trinajstić information content (AvgIpc) is 2.63. The molecule has 1 saturated heterocycles. The van der Waals surface area contributed by atoms with E-state index in [1.807, 2.05) is 4.90 Å². The molecule has 1 aromatic heterocycles. The van der Waals surface area contributed by atoms with Gasteiger partial charge in [-0.05, 0) is 31.4 Å². The molecule has 19 heavy (non-hydrogen) atoms. The van der Waals surface area contributed by atoms with E-state index >= 15 is 0 Å². The molecule has 1 fully saturated rings. The minimum Gasteiger partial charge on any atom is -0.381 e. The molecule has 1 aliphatic rings. The standard InChI is InChI=1S/C12H19N3O3S/c1-18-10-4-3-8-15(9-6-10)12-11(19(13,16)17)5-2-7-14-12/h2,5,7,10H,3-4,6,8-9H2,1H3,(H2,13,16,17). The van der Waals surface area contributed by atoms with Crippen LogP contribution in [0.15, 0.2) is 23.2 Å². The lowest BCUT2D eigenvalue weighted by Crippen LogP contribution is -2.28. The van der Waals surface area contributed by atoms with Crippen molar-refractivity contribution in [3.8, 4) is 0 Å². The molecule has 1 atom stereocenters. The molecule has 2 heterocycles. The molecule has 7 heteroatoms. The fourth-order valence-electron chi connectivity index (χ4n) is 2.36. The fourth-order valence-corrected chi connectivity index (χ4v) is 3.06. The van der Waals surface area contributed by atoms with E-state index in [9.17, 15) is 8.42 Å². The van der Waals surface area contributed by atoms with Gasteiger partial charge in [0.05, 0.1) is 6.10 Å². The Balaban J connectivity index is 2.27. The van der Waals surface area contributed by atoms with Crippen LogP contribution in [0.4, 0.5) is 5.82 Å². The van der Waals surface area contributed by atoms with Crippen molar-refractivity contribution in [1.29, 1.82) is 0 Å². The van der Waals surface area contributed by atoms with Gasteiger partial charge in [0.2, 0.25) is 10.0 Å². The topological polar surface area (TPSA) is 85.5 Å². The van der Waals surface area contributed by atoms with Gasteiger partial charge in [-0.2, -0.15) is 0 Å². The third-order valence-electron chi connectivity index (χ3n) is 3.37. The van der Waals surface area contributed by atoms with Crippen molar-refractivity contribution in [2.75, 3.05) is 25.1 Å². The second-order valence-corrected chi connectivity index (χ2v) is 6.18. The lowest BCUT2D eigenvalue weighted by Gasteiger charge is -2.23. The van der Waals surface area contributed by atoms with Crippen LogP contribution in [0.3, 0.4) is 0 Å². The minimum absolute atomic E-state index is 0.0888. The van der Waals surface area contributed by atoms with Gasteiger partial charge in [-0.3, -0.25) is 0 Å². The Labute approximate surface area is 113 Å². The summed E-state index contributed by atoms with van der Waals surface area (Å²) in [6, 6.07) is 3.08. The summed E-state index contributed by atoms with van der Waals surface area (Å²) in [5.74, 6) is 0.446. The number of aromatic nitrogens is 1. The lowest BCUT2D eigenvalue weighted by atomic mass is 10.2. The number of nitrogens with two attached hydrogens (primary N) is 1. The van der Waals surface area contributed by atoms with E-state index < -0.39 is 10.0 Å². The molecule has 1 aromatic rings. The van der Waals surface area contributed by atoms with E-state index in [1.165, 1.54) is 6.07 Å². The highest BCUT2D eigenvalue weighted by atomic mass is 32.2. The van der Waals surface area contributed by atoms with Crippen LogP contribution in [0.25, 0.3) is 0 Å². The number of sulfonamides is 1. The maximum atomic E-state index is 11.6. The Morgan fingerprint density at radius 1 is 1.42 bits per heavy atom. The zero-order valence-electron chi connectivity index (χ0n) is 10.9. The SMILES string of the molecule is COC1CCCN(c2ncccc2S(N)(=O)=O)CC1. The number of ether oxygens (including phenoxy) is 1. The highest BCUT2D eigenvalue weighted by Gasteiger charge is 2.23. The Morgan fingerprint density at radius 3 is 2.89 bits per heavy atom. The van der Waals surface area contributed by atoms with Crippen molar-refractivity contribution in [2.45, 2.75) is 30.3 Å². The van der Waals surface area contributed by atoms with Crippen LogP contribution in [-0.2, 0) is 14.8 Å². The first kappa shape index (κ1) is 14.2. The van der Waals surface area contributed by atoms with Crippen molar-refractivity contribution in [1.82, 2.24) is 4.98 Å². The van der Waals surface area contributed by atoms with Gasteiger partial charge >= 0.3 is 0 Å². The van der Waals surface area contributed by atoms with Gasteiger partial charge in [-0.1, -0.05) is 0 Å². The predicted molar refractivity (Wildman–Crippen MR) is 72.5 cm³/mol. The number of hydrogen-bond donors (Lipinski definition) is 1. The maximum Gasteiger partial charge on any atom is 0.241 e. The third kappa shape index (κ3) is 3.43. The summed E-state index contributed by atoms with van der Waals surface area (Å²) in [5.41, 5.74) is 0. The third-order valence-corrected chi connectivity index (χ3v) is 4.30. The highest BCUT2D eigenvalue weighted by molar-refractivity contribution is 7.89. The van der Waals surface area contributed by atoms with E-state index in [-0.39, 0.29) is 11.0 Å². The van der Waals surface area contributed by atoms with E-state index in [2.05, 4.69) is 4.98 Å². The van der Waals surface area contributed by atoms with Crippen LogP contribution in [0.5, 0.6) is 0 Å².